The van der Waals surface area contributed by atoms with Gasteiger partial charge in [-0.1, -0.05) is 12.1 Å². The predicted molar refractivity (Wildman–Crippen MR) is 130 cm³/mol. The Morgan fingerprint density at radius 1 is 1.00 bits per heavy atom. The molecule has 2 N–H and O–H groups in total. The number of aliphatic hydroxyl groups is 1. The van der Waals surface area contributed by atoms with Crippen molar-refractivity contribution >= 4 is 28.2 Å². The lowest BCUT2D eigenvalue weighted by atomic mass is 10.0. The first-order valence-electron chi connectivity index (χ1n) is 11.7. The zero-order chi connectivity index (χ0) is 23.1. The van der Waals surface area contributed by atoms with Gasteiger partial charge in [0.05, 0.1) is 23.5 Å². The smallest absolute Gasteiger partial charge is 0.162 e. The number of aliphatic hydroxyl groups excluding tert-OH is 1. The van der Waals surface area contributed by atoms with E-state index in [2.05, 4.69) is 20.2 Å². The number of aromatic nitrogens is 4. The Labute approximate surface area is 196 Å². The fourth-order valence-electron chi connectivity index (χ4n) is 4.57. The molecule has 0 spiro atoms. The summed E-state index contributed by atoms with van der Waals surface area (Å²) >= 11 is 0. The minimum Gasteiger partial charge on any atom is -0.393 e. The van der Waals surface area contributed by atoms with E-state index in [1.54, 1.807) is 30.6 Å². The van der Waals surface area contributed by atoms with Gasteiger partial charge in [-0.15, -0.1) is 0 Å². The number of hydrogen-bond donors (Lipinski definition) is 2. The Morgan fingerprint density at radius 2 is 1.82 bits per heavy atom. The third-order valence-electron chi connectivity index (χ3n) is 6.55. The molecule has 7 nitrogen and oxygen atoms in total. The standard InChI is InChI=1S/C26H25FN6O/c27-20-3-1-2-4-21(20)30-23-13-17(7-10-29-23)25-31-22-15-28-14-19(16-5-6-16)24(22)26(32-25)33-11-8-18(34)9-12-33/h1-4,7,10,13-16,18,34H,5-6,8-9,11-12H2,(H,29,30). The fourth-order valence-corrected chi connectivity index (χ4v) is 4.57. The van der Waals surface area contributed by atoms with Gasteiger partial charge in [0, 0.05) is 36.4 Å². The molecule has 172 valence electrons. The summed E-state index contributed by atoms with van der Waals surface area (Å²) in [5.74, 6) is 2.15. The summed E-state index contributed by atoms with van der Waals surface area (Å²) in [6.45, 7) is 1.49. The van der Waals surface area contributed by atoms with Crippen LogP contribution in [0.2, 0.25) is 0 Å². The zero-order valence-electron chi connectivity index (χ0n) is 18.7. The van der Waals surface area contributed by atoms with Crippen molar-refractivity contribution in [2.24, 2.45) is 0 Å². The molecular weight excluding hydrogens is 431 g/mol. The van der Waals surface area contributed by atoms with Crippen molar-refractivity contribution in [3.05, 3.63) is 66.4 Å². The zero-order valence-corrected chi connectivity index (χ0v) is 18.7. The Balaban J connectivity index is 1.43. The molecule has 0 radical (unpaired) electrons. The number of benzene rings is 1. The number of anilines is 3. The van der Waals surface area contributed by atoms with Crippen LogP contribution < -0.4 is 10.2 Å². The average molecular weight is 457 g/mol. The van der Waals surface area contributed by atoms with Gasteiger partial charge in [0.15, 0.2) is 5.82 Å². The van der Waals surface area contributed by atoms with Crippen molar-refractivity contribution in [1.82, 2.24) is 19.9 Å². The number of nitrogens with zero attached hydrogens (tertiary/aromatic N) is 5. The van der Waals surface area contributed by atoms with Crippen molar-refractivity contribution in [3.63, 3.8) is 0 Å². The van der Waals surface area contributed by atoms with Crippen molar-refractivity contribution < 1.29 is 9.50 Å². The van der Waals surface area contributed by atoms with E-state index in [0.29, 0.717) is 23.2 Å². The topological polar surface area (TPSA) is 87.1 Å². The Hall–Kier alpha value is -3.65. The number of para-hydroxylation sites is 1. The molecule has 2 aliphatic rings. The fraction of sp³-hybridized carbons (Fsp3) is 0.308. The highest BCUT2D eigenvalue weighted by atomic mass is 19.1. The second kappa shape index (κ2) is 8.61. The number of pyridine rings is 2. The van der Waals surface area contributed by atoms with E-state index < -0.39 is 0 Å². The first-order chi connectivity index (χ1) is 16.7. The van der Waals surface area contributed by atoms with Crippen molar-refractivity contribution in [3.8, 4) is 11.4 Å². The summed E-state index contributed by atoms with van der Waals surface area (Å²) in [7, 11) is 0. The van der Waals surface area contributed by atoms with Crippen LogP contribution in [0.15, 0.2) is 55.0 Å². The molecule has 3 aromatic heterocycles. The number of piperidine rings is 1. The maximum atomic E-state index is 14.1. The number of nitrogens with one attached hydrogen (secondary N) is 1. The van der Waals surface area contributed by atoms with Crippen LogP contribution in [-0.4, -0.2) is 44.2 Å². The summed E-state index contributed by atoms with van der Waals surface area (Å²) in [6.07, 6.45) is 8.92. The molecule has 4 heterocycles. The molecule has 1 aliphatic heterocycles. The molecule has 0 unspecified atom stereocenters. The molecule has 34 heavy (non-hydrogen) atoms. The third-order valence-corrected chi connectivity index (χ3v) is 6.55. The van der Waals surface area contributed by atoms with Crippen molar-refractivity contribution in [2.45, 2.75) is 37.7 Å². The second-order valence-corrected chi connectivity index (χ2v) is 9.02. The van der Waals surface area contributed by atoms with E-state index in [1.165, 1.54) is 11.6 Å². The lowest BCUT2D eigenvalue weighted by Crippen LogP contribution is -2.36. The number of rotatable bonds is 5. The van der Waals surface area contributed by atoms with Gasteiger partial charge in [-0.05, 0) is 61.4 Å². The normalized spacial score (nSPS) is 16.7. The predicted octanol–water partition coefficient (Wildman–Crippen LogP) is 4.81. The molecule has 8 heteroatoms. The highest BCUT2D eigenvalue weighted by molar-refractivity contribution is 5.94. The van der Waals surface area contributed by atoms with E-state index in [4.69, 9.17) is 9.97 Å². The van der Waals surface area contributed by atoms with Gasteiger partial charge in [-0.2, -0.15) is 0 Å². The van der Waals surface area contributed by atoms with E-state index in [1.807, 2.05) is 18.3 Å². The van der Waals surface area contributed by atoms with Crippen LogP contribution in [-0.2, 0) is 0 Å². The summed E-state index contributed by atoms with van der Waals surface area (Å²) in [5.41, 5.74) is 3.17. The maximum Gasteiger partial charge on any atom is 0.162 e. The first kappa shape index (κ1) is 20.9. The van der Waals surface area contributed by atoms with Gasteiger partial charge in [0.2, 0.25) is 0 Å². The lowest BCUT2D eigenvalue weighted by molar-refractivity contribution is 0.145. The first-order valence-corrected chi connectivity index (χ1v) is 11.7. The molecule has 0 amide bonds. The molecule has 2 fully saturated rings. The summed E-state index contributed by atoms with van der Waals surface area (Å²) in [6, 6.07) is 10.2. The van der Waals surface area contributed by atoms with Crippen molar-refractivity contribution in [1.29, 1.82) is 0 Å². The Morgan fingerprint density at radius 3 is 2.62 bits per heavy atom. The Kier molecular flexibility index (Phi) is 5.30. The quantitative estimate of drug-likeness (QED) is 0.446. The molecule has 1 saturated heterocycles. The number of hydrogen-bond acceptors (Lipinski definition) is 7. The van der Waals surface area contributed by atoms with E-state index >= 15 is 0 Å². The number of fused-ring (bicyclic) bond motifs is 1. The molecule has 0 atom stereocenters. The van der Waals surface area contributed by atoms with Crippen LogP contribution in [0.25, 0.3) is 22.3 Å². The molecular formula is C26H25FN6O. The van der Waals surface area contributed by atoms with Crippen LogP contribution in [0.3, 0.4) is 0 Å². The largest absolute Gasteiger partial charge is 0.393 e. The Bertz CT molecular complexity index is 1350. The molecule has 1 aromatic carbocycles. The summed E-state index contributed by atoms with van der Waals surface area (Å²) < 4.78 is 14.1. The average Bonchev–Trinajstić information content (AvgIpc) is 3.71. The van der Waals surface area contributed by atoms with Gasteiger partial charge in [-0.3, -0.25) is 4.98 Å². The van der Waals surface area contributed by atoms with E-state index in [-0.39, 0.29) is 11.9 Å². The van der Waals surface area contributed by atoms with Gasteiger partial charge in [0.25, 0.3) is 0 Å². The van der Waals surface area contributed by atoms with Gasteiger partial charge in [-0.25, -0.2) is 19.3 Å². The molecule has 1 aliphatic carbocycles. The lowest BCUT2D eigenvalue weighted by Gasteiger charge is -2.31. The highest BCUT2D eigenvalue weighted by Crippen LogP contribution is 2.45. The van der Waals surface area contributed by atoms with Crippen LogP contribution in [0.1, 0.15) is 37.2 Å². The van der Waals surface area contributed by atoms with Crippen LogP contribution in [0.4, 0.5) is 21.7 Å². The maximum absolute atomic E-state index is 14.1. The van der Waals surface area contributed by atoms with Gasteiger partial charge < -0.3 is 15.3 Å². The van der Waals surface area contributed by atoms with E-state index in [9.17, 15) is 9.50 Å². The van der Waals surface area contributed by atoms with Gasteiger partial charge >= 0.3 is 0 Å². The van der Waals surface area contributed by atoms with Crippen molar-refractivity contribution in [2.75, 3.05) is 23.3 Å². The second-order valence-electron chi connectivity index (χ2n) is 9.02. The van der Waals surface area contributed by atoms with Crippen LogP contribution >= 0.6 is 0 Å². The number of halogens is 1. The van der Waals surface area contributed by atoms with E-state index in [0.717, 1.165) is 61.1 Å². The highest BCUT2D eigenvalue weighted by Gasteiger charge is 2.30. The monoisotopic (exact) mass is 456 g/mol. The minimum atomic E-state index is -0.343. The molecule has 0 bridgehead atoms. The minimum absolute atomic E-state index is 0.263. The molecule has 1 saturated carbocycles. The van der Waals surface area contributed by atoms with Crippen LogP contribution in [0, 0.1) is 5.82 Å². The van der Waals surface area contributed by atoms with Gasteiger partial charge in [0.1, 0.15) is 17.5 Å². The third kappa shape index (κ3) is 4.05. The molecule has 6 rings (SSSR count). The van der Waals surface area contributed by atoms with Crippen LogP contribution in [0.5, 0.6) is 0 Å². The summed E-state index contributed by atoms with van der Waals surface area (Å²) in [4.78, 5) is 21.0. The molecule has 4 aromatic rings. The summed E-state index contributed by atoms with van der Waals surface area (Å²) in [5, 5.41) is 14.1. The SMILES string of the molecule is OC1CCN(c2nc(-c3ccnc(Nc4ccccc4F)c3)nc3cncc(C4CC4)c23)CC1.